The minimum absolute atomic E-state index is 0.0645. The van der Waals surface area contributed by atoms with Crippen molar-refractivity contribution in [1.82, 2.24) is 15.1 Å². The van der Waals surface area contributed by atoms with Crippen molar-refractivity contribution in [2.45, 2.75) is 0 Å². The summed E-state index contributed by atoms with van der Waals surface area (Å²) in [5.74, 6) is -0.482. The predicted octanol–water partition coefficient (Wildman–Crippen LogP) is 2.22. The summed E-state index contributed by atoms with van der Waals surface area (Å²) in [6, 6.07) is 7.20. The fraction of sp³-hybridized carbons (Fsp3) is 0.312. The second-order valence-electron chi connectivity index (χ2n) is 5.48. The lowest BCUT2D eigenvalue weighted by Gasteiger charge is -2.15. The lowest BCUT2D eigenvalue weighted by atomic mass is 10.2. The van der Waals surface area contributed by atoms with E-state index in [1.807, 2.05) is 31.1 Å². The maximum absolute atomic E-state index is 12.5. The molecule has 0 radical (unpaired) electrons. The Morgan fingerprint density at radius 1 is 1.46 bits per heavy atom. The molecule has 2 amide bonds. The van der Waals surface area contributed by atoms with Gasteiger partial charge in [-0.15, -0.1) is 0 Å². The molecule has 1 heterocycles. The molecule has 1 aromatic carbocycles. The first-order valence-electron chi connectivity index (χ1n) is 7.29. The standard InChI is InChI=1S/C16H18ClN3O2S2/c1-19(2)7-6-18-14(21)10-20-15(22)13(24-16(20)23)9-11-4-3-5-12(17)8-11/h3-5,8-9H,6-7,10H2,1-2H3,(H,18,21). The summed E-state index contributed by atoms with van der Waals surface area (Å²) >= 11 is 12.4. The summed E-state index contributed by atoms with van der Waals surface area (Å²) in [5, 5.41) is 3.37. The predicted molar refractivity (Wildman–Crippen MR) is 103 cm³/mol. The van der Waals surface area contributed by atoms with Crippen LogP contribution in [-0.2, 0) is 9.59 Å². The molecule has 0 spiro atoms. The Balaban J connectivity index is 2.00. The van der Waals surface area contributed by atoms with Crippen molar-refractivity contribution in [1.29, 1.82) is 0 Å². The first kappa shape index (κ1) is 18.9. The van der Waals surface area contributed by atoms with Crippen LogP contribution in [0, 0.1) is 0 Å². The van der Waals surface area contributed by atoms with E-state index in [2.05, 4.69) is 5.32 Å². The molecule has 0 aliphatic carbocycles. The number of likely N-dealkylation sites (N-methyl/N-ethyl adjacent to an activating group) is 1. The molecule has 1 aliphatic rings. The van der Waals surface area contributed by atoms with Gasteiger partial charge < -0.3 is 10.2 Å². The van der Waals surface area contributed by atoms with Crippen molar-refractivity contribution in [2.24, 2.45) is 0 Å². The van der Waals surface area contributed by atoms with E-state index < -0.39 is 0 Å². The van der Waals surface area contributed by atoms with Crippen LogP contribution in [0.2, 0.25) is 5.02 Å². The Morgan fingerprint density at radius 3 is 2.88 bits per heavy atom. The molecule has 24 heavy (non-hydrogen) atoms. The van der Waals surface area contributed by atoms with E-state index in [0.717, 1.165) is 12.1 Å². The van der Waals surface area contributed by atoms with Gasteiger partial charge in [-0.2, -0.15) is 0 Å². The monoisotopic (exact) mass is 383 g/mol. The maximum atomic E-state index is 12.5. The number of nitrogens with zero attached hydrogens (tertiary/aromatic N) is 2. The molecule has 0 aromatic heterocycles. The zero-order chi connectivity index (χ0) is 17.7. The van der Waals surface area contributed by atoms with E-state index in [0.29, 0.717) is 20.8 Å². The molecule has 1 N–H and O–H groups in total. The van der Waals surface area contributed by atoms with Gasteiger partial charge in [0.25, 0.3) is 5.91 Å². The number of benzene rings is 1. The Kier molecular flexibility index (Phi) is 6.79. The van der Waals surface area contributed by atoms with Crippen LogP contribution in [0.1, 0.15) is 5.56 Å². The fourth-order valence-corrected chi connectivity index (χ4v) is 3.46. The molecule has 2 rings (SSSR count). The van der Waals surface area contributed by atoms with E-state index in [4.69, 9.17) is 23.8 Å². The molecule has 128 valence electrons. The Bertz CT molecular complexity index is 692. The molecule has 1 fully saturated rings. The summed E-state index contributed by atoms with van der Waals surface area (Å²) in [6.45, 7) is 1.20. The van der Waals surface area contributed by atoms with Gasteiger partial charge in [0.05, 0.1) is 4.91 Å². The van der Waals surface area contributed by atoms with Crippen molar-refractivity contribution in [3.8, 4) is 0 Å². The second-order valence-corrected chi connectivity index (χ2v) is 7.59. The number of rotatable bonds is 6. The SMILES string of the molecule is CN(C)CCNC(=O)CN1C(=O)C(=Cc2cccc(Cl)c2)SC1=S. The number of thioether (sulfide) groups is 1. The molecule has 0 bridgehead atoms. The fourth-order valence-electron chi connectivity index (χ4n) is 2.00. The minimum Gasteiger partial charge on any atom is -0.353 e. The third kappa shape index (κ3) is 5.31. The second kappa shape index (κ2) is 8.62. The average molecular weight is 384 g/mol. The zero-order valence-corrected chi connectivity index (χ0v) is 15.8. The summed E-state index contributed by atoms with van der Waals surface area (Å²) in [6.07, 6.45) is 1.73. The molecular formula is C16H18ClN3O2S2. The molecule has 1 saturated heterocycles. The lowest BCUT2D eigenvalue weighted by Crippen LogP contribution is -2.41. The molecule has 8 heteroatoms. The van der Waals surface area contributed by atoms with Crippen molar-refractivity contribution >= 4 is 57.8 Å². The molecule has 0 atom stereocenters. The van der Waals surface area contributed by atoms with Gasteiger partial charge in [-0.05, 0) is 37.9 Å². The van der Waals surface area contributed by atoms with Gasteiger partial charge in [-0.3, -0.25) is 14.5 Å². The summed E-state index contributed by atoms with van der Waals surface area (Å²) < 4.78 is 0.385. The molecular weight excluding hydrogens is 366 g/mol. The summed E-state index contributed by atoms with van der Waals surface area (Å²) in [5.41, 5.74) is 0.818. The van der Waals surface area contributed by atoms with E-state index in [-0.39, 0.29) is 18.4 Å². The lowest BCUT2D eigenvalue weighted by molar-refractivity contribution is -0.128. The highest BCUT2D eigenvalue weighted by Crippen LogP contribution is 2.32. The van der Waals surface area contributed by atoms with Crippen molar-refractivity contribution in [3.05, 3.63) is 39.8 Å². The van der Waals surface area contributed by atoms with Gasteiger partial charge in [0, 0.05) is 18.1 Å². The number of carbonyl (C=O) groups is 2. The number of hydrogen-bond donors (Lipinski definition) is 1. The third-order valence-corrected chi connectivity index (χ3v) is 4.82. The van der Waals surface area contributed by atoms with Gasteiger partial charge in [0.15, 0.2) is 0 Å². The van der Waals surface area contributed by atoms with Crippen LogP contribution in [-0.4, -0.2) is 59.7 Å². The smallest absolute Gasteiger partial charge is 0.266 e. The largest absolute Gasteiger partial charge is 0.353 e. The van der Waals surface area contributed by atoms with E-state index in [1.165, 1.54) is 16.7 Å². The van der Waals surface area contributed by atoms with Crippen LogP contribution in [0.5, 0.6) is 0 Å². The zero-order valence-electron chi connectivity index (χ0n) is 13.4. The van der Waals surface area contributed by atoms with Gasteiger partial charge in [0.1, 0.15) is 10.9 Å². The van der Waals surface area contributed by atoms with Crippen molar-refractivity contribution < 1.29 is 9.59 Å². The average Bonchev–Trinajstić information content (AvgIpc) is 2.74. The minimum atomic E-state index is -0.257. The normalized spacial score (nSPS) is 16.3. The van der Waals surface area contributed by atoms with Crippen LogP contribution in [0.15, 0.2) is 29.2 Å². The highest BCUT2D eigenvalue weighted by atomic mass is 35.5. The number of thiocarbonyl (C=S) groups is 1. The molecule has 1 aromatic rings. The molecule has 1 aliphatic heterocycles. The van der Waals surface area contributed by atoms with Crippen LogP contribution >= 0.6 is 35.6 Å². The first-order valence-corrected chi connectivity index (χ1v) is 8.89. The third-order valence-electron chi connectivity index (χ3n) is 3.20. The highest BCUT2D eigenvalue weighted by Gasteiger charge is 2.33. The van der Waals surface area contributed by atoms with Crippen molar-refractivity contribution in [2.75, 3.05) is 33.7 Å². The number of amides is 2. The van der Waals surface area contributed by atoms with Gasteiger partial charge in [-0.1, -0.05) is 47.7 Å². The Labute approximate surface area is 156 Å². The van der Waals surface area contributed by atoms with Crippen LogP contribution in [0.3, 0.4) is 0 Å². The van der Waals surface area contributed by atoms with Crippen molar-refractivity contribution in [3.63, 3.8) is 0 Å². The Morgan fingerprint density at radius 2 is 2.21 bits per heavy atom. The van der Waals surface area contributed by atoms with Gasteiger partial charge in [0.2, 0.25) is 5.91 Å². The van der Waals surface area contributed by atoms with Crippen LogP contribution < -0.4 is 5.32 Å². The number of nitrogens with one attached hydrogen (secondary N) is 1. The van der Waals surface area contributed by atoms with E-state index >= 15 is 0 Å². The quantitative estimate of drug-likeness (QED) is 0.603. The Hall–Kier alpha value is -1.41. The summed E-state index contributed by atoms with van der Waals surface area (Å²) in [4.78, 5) is 28.2. The highest BCUT2D eigenvalue weighted by molar-refractivity contribution is 8.26. The molecule has 0 unspecified atom stereocenters. The molecule has 5 nitrogen and oxygen atoms in total. The maximum Gasteiger partial charge on any atom is 0.266 e. The number of halogens is 1. The van der Waals surface area contributed by atoms with Crippen LogP contribution in [0.25, 0.3) is 6.08 Å². The van der Waals surface area contributed by atoms with E-state index in [1.54, 1.807) is 18.2 Å². The topological polar surface area (TPSA) is 52.7 Å². The number of hydrogen-bond acceptors (Lipinski definition) is 5. The van der Waals surface area contributed by atoms with Gasteiger partial charge in [-0.25, -0.2) is 0 Å². The number of carbonyl (C=O) groups excluding carboxylic acids is 2. The molecule has 0 saturated carbocycles. The first-order chi connectivity index (χ1) is 11.4. The van der Waals surface area contributed by atoms with Gasteiger partial charge >= 0.3 is 0 Å². The summed E-state index contributed by atoms with van der Waals surface area (Å²) in [7, 11) is 3.85. The van der Waals surface area contributed by atoms with Crippen LogP contribution in [0.4, 0.5) is 0 Å². The van der Waals surface area contributed by atoms with E-state index in [9.17, 15) is 9.59 Å².